The molecule has 0 aliphatic rings. The minimum Gasteiger partial charge on any atom is -0.445 e. The van der Waals surface area contributed by atoms with Crippen LogP contribution in [-0.2, 0) is 24.9 Å². The molecule has 0 aliphatic carbocycles. The molecule has 1 aromatic heterocycles. The smallest absolute Gasteiger partial charge is 0.410 e. The van der Waals surface area contributed by atoms with E-state index in [1.165, 1.54) is 4.90 Å². The van der Waals surface area contributed by atoms with Crippen molar-refractivity contribution in [2.75, 3.05) is 6.54 Å². The standard InChI is InChI=1S/C21H23N3O3/c1-23-14-19(12-22-23)20(25)15-24(13-17-8-4-2-5-9-17)21(26)27-16-18-10-6-3-7-11-18/h2-12,14,20,25H,13,15-16H2,1H3. The Bertz CT molecular complexity index is 849. The first-order chi connectivity index (χ1) is 13.1. The van der Waals surface area contributed by atoms with Crippen LogP contribution in [-0.4, -0.2) is 32.4 Å². The minimum atomic E-state index is -0.841. The van der Waals surface area contributed by atoms with Crippen LogP contribution in [0.4, 0.5) is 4.79 Å². The molecule has 0 aliphatic heterocycles. The number of nitrogens with zero attached hydrogens (tertiary/aromatic N) is 3. The Balaban J connectivity index is 1.69. The summed E-state index contributed by atoms with van der Waals surface area (Å²) in [5.41, 5.74) is 2.54. The van der Waals surface area contributed by atoms with E-state index >= 15 is 0 Å². The van der Waals surface area contributed by atoms with E-state index in [9.17, 15) is 9.90 Å². The molecule has 27 heavy (non-hydrogen) atoms. The monoisotopic (exact) mass is 365 g/mol. The van der Waals surface area contributed by atoms with Crippen LogP contribution >= 0.6 is 0 Å². The van der Waals surface area contributed by atoms with Crippen molar-refractivity contribution < 1.29 is 14.6 Å². The molecule has 0 saturated carbocycles. The first kappa shape index (κ1) is 18.7. The van der Waals surface area contributed by atoms with Crippen molar-refractivity contribution in [2.45, 2.75) is 19.3 Å². The maximum atomic E-state index is 12.7. The summed E-state index contributed by atoms with van der Waals surface area (Å²) in [7, 11) is 1.78. The van der Waals surface area contributed by atoms with Crippen LogP contribution in [0.5, 0.6) is 0 Å². The SMILES string of the molecule is Cn1cc(C(O)CN(Cc2ccccc2)C(=O)OCc2ccccc2)cn1. The van der Waals surface area contributed by atoms with Crippen LogP contribution in [0.2, 0.25) is 0 Å². The lowest BCUT2D eigenvalue weighted by Gasteiger charge is -2.24. The number of hydrogen-bond acceptors (Lipinski definition) is 4. The molecule has 1 unspecified atom stereocenters. The molecule has 1 amide bonds. The molecule has 0 bridgehead atoms. The van der Waals surface area contributed by atoms with Crippen molar-refractivity contribution in [2.24, 2.45) is 7.05 Å². The number of aliphatic hydroxyl groups excluding tert-OH is 1. The quantitative estimate of drug-likeness (QED) is 0.698. The fourth-order valence-corrected chi connectivity index (χ4v) is 2.74. The van der Waals surface area contributed by atoms with Gasteiger partial charge >= 0.3 is 6.09 Å². The maximum absolute atomic E-state index is 12.7. The van der Waals surface area contributed by atoms with Crippen LogP contribution in [0.1, 0.15) is 22.8 Å². The van der Waals surface area contributed by atoms with Crippen LogP contribution in [0.3, 0.4) is 0 Å². The summed E-state index contributed by atoms with van der Waals surface area (Å²) in [5, 5.41) is 14.6. The van der Waals surface area contributed by atoms with Crippen LogP contribution in [0.15, 0.2) is 73.1 Å². The number of aliphatic hydroxyl groups is 1. The zero-order chi connectivity index (χ0) is 19.1. The molecule has 1 N–H and O–H groups in total. The third-order valence-corrected chi connectivity index (χ3v) is 4.18. The Kier molecular flexibility index (Phi) is 6.22. The molecule has 0 radical (unpaired) electrons. The molecule has 2 aromatic carbocycles. The predicted octanol–water partition coefficient (Wildman–Crippen LogP) is 3.29. The molecule has 1 atom stereocenters. The predicted molar refractivity (Wildman–Crippen MR) is 102 cm³/mol. The Morgan fingerprint density at radius 1 is 1.11 bits per heavy atom. The summed E-state index contributed by atoms with van der Waals surface area (Å²) in [6.45, 7) is 0.661. The van der Waals surface area contributed by atoms with E-state index in [-0.39, 0.29) is 13.2 Å². The van der Waals surface area contributed by atoms with E-state index in [1.807, 2.05) is 60.7 Å². The average Bonchev–Trinajstić information content (AvgIpc) is 3.14. The highest BCUT2D eigenvalue weighted by Crippen LogP contribution is 2.16. The first-order valence-corrected chi connectivity index (χ1v) is 8.78. The van der Waals surface area contributed by atoms with Crippen molar-refractivity contribution >= 4 is 6.09 Å². The number of carbonyl (C=O) groups is 1. The molecule has 6 heteroatoms. The highest BCUT2D eigenvalue weighted by atomic mass is 16.6. The molecule has 0 fully saturated rings. The molecule has 6 nitrogen and oxygen atoms in total. The second-order valence-corrected chi connectivity index (χ2v) is 6.37. The Labute approximate surface area is 158 Å². The normalized spacial score (nSPS) is 11.8. The van der Waals surface area contributed by atoms with E-state index in [4.69, 9.17) is 4.74 Å². The topological polar surface area (TPSA) is 67.6 Å². The molecular formula is C21H23N3O3. The molecule has 3 aromatic rings. The maximum Gasteiger partial charge on any atom is 0.410 e. The third-order valence-electron chi connectivity index (χ3n) is 4.18. The van der Waals surface area contributed by atoms with Gasteiger partial charge in [0.1, 0.15) is 6.61 Å². The minimum absolute atomic E-state index is 0.119. The number of amides is 1. The number of carbonyl (C=O) groups excluding carboxylic acids is 1. The zero-order valence-corrected chi connectivity index (χ0v) is 15.2. The van der Waals surface area contributed by atoms with Gasteiger partial charge in [0.25, 0.3) is 0 Å². The summed E-state index contributed by atoms with van der Waals surface area (Å²) in [5.74, 6) is 0. The average molecular weight is 365 g/mol. The first-order valence-electron chi connectivity index (χ1n) is 8.78. The van der Waals surface area contributed by atoms with Crippen LogP contribution in [0.25, 0.3) is 0 Å². The number of rotatable bonds is 7. The van der Waals surface area contributed by atoms with Crippen molar-refractivity contribution in [3.63, 3.8) is 0 Å². The van der Waals surface area contributed by atoms with Gasteiger partial charge in [-0.3, -0.25) is 4.68 Å². The largest absolute Gasteiger partial charge is 0.445 e. The van der Waals surface area contributed by atoms with Crippen LogP contribution in [0, 0.1) is 0 Å². The van der Waals surface area contributed by atoms with E-state index < -0.39 is 12.2 Å². The van der Waals surface area contributed by atoms with E-state index in [1.54, 1.807) is 24.1 Å². The summed E-state index contributed by atoms with van der Waals surface area (Å²) in [4.78, 5) is 14.2. The Morgan fingerprint density at radius 3 is 2.33 bits per heavy atom. The summed E-state index contributed by atoms with van der Waals surface area (Å²) in [6, 6.07) is 19.2. The van der Waals surface area contributed by atoms with Gasteiger partial charge in [-0.15, -0.1) is 0 Å². The zero-order valence-electron chi connectivity index (χ0n) is 15.2. The van der Waals surface area contributed by atoms with Crippen LogP contribution < -0.4 is 0 Å². The number of ether oxygens (including phenoxy) is 1. The van der Waals surface area contributed by atoms with Gasteiger partial charge in [0.2, 0.25) is 0 Å². The lowest BCUT2D eigenvalue weighted by atomic mass is 10.1. The third kappa shape index (κ3) is 5.43. The summed E-state index contributed by atoms with van der Waals surface area (Å²) >= 11 is 0. The van der Waals surface area contributed by atoms with E-state index in [2.05, 4.69) is 5.10 Å². The fraction of sp³-hybridized carbons (Fsp3) is 0.238. The fourth-order valence-electron chi connectivity index (χ4n) is 2.74. The van der Waals surface area contributed by atoms with Crippen molar-refractivity contribution in [1.82, 2.24) is 14.7 Å². The summed E-state index contributed by atoms with van der Waals surface area (Å²) in [6.07, 6.45) is 2.03. The van der Waals surface area contributed by atoms with Gasteiger partial charge in [-0.05, 0) is 11.1 Å². The summed E-state index contributed by atoms with van der Waals surface area (Å²) < 4.78 is 7.08. The highest BCUT2D eigenvalue weighted by Gasteiger charge is 2.21. The molecule has 0 spiro atoms. The second kappa shape index (κ2) is 9.00. The number of hydrogen-bond donors (Lipinski definition) is 1. The van der Waals surface area contributed by atoms with Gasteiger partial charge in [-0.25, -0.2) is 4.79 Å². The van der Waals surface area contributed by atoms with Crippen molar-refractivity contribution in [3.8, 4) is 0 Å². The van der Waals surface area contributed by atoms with Crippen molar-refractivity contribution in [3.05, 3.63) is 89.7 Å². The number of benzene rings is 2. The van der Waals surface area contributed by atoms with Gasteiger partial charge in [0.15, 0.2) is 0 Å². The van der Waals surface area contributed by atoms with Gasteiger partial charge in [0, 0.05) is 25.4 Å². The lowest BCUT2D eigenvalue weighted by Crippen LogP contribution is -2.34. The van der Waals surface area contributed by atoms with Gasteiger partial charge < -0.3 is 14.7 Å². The van der Waals surface area contributed by atoms with E-state index in [0.29, 0.717) is 12.1 Å². The number of aryl methyl sites for hydroxylation is 1. The molecule has 140 valence electrons. The van der Waals surface area contributed by atoms with Gasteiger partial charge in [-0.2, -0.15) is 5.10 Å². The Hall–Kier alpha value is -3.12. The van der Waals surface area contributed by atoms with Gasteiger partial charge in [-0.1, -0.05) is 60.7 Å². The van der Waals surface area contributed by atoms with Gasteiger partial charge in [0.05, 0.1) is 18.8 Å². The van der Waals surface area contributed by atoms with Crippen molar-refractivity contribution in [1.29, 1.82) is 0 Å². The number of aromatic nitrogens is 2. The van der Waals surface area contributed by atoms with E-state index in [0.717, 1.165) is 11.1 Å². The highest BCUT2D eigenvalue weighted by molar-refractivity contribution is 5.67. The molecule has 0 saturated heterocycles. The Morgan fingerprint density at radius 2 is 1.74 bits per heavy atom. The lowest BCUT2D eigenvalue weighted by molar-refractivity contribution is 0.0656. The molecule has 3 rings (SSSR count). The molecular weight excluding hydrogens is 342 g/mol. The second-order valence-electron chi connectivity index (χ2n) is 6.37. The molecule has 1 heterocycles.